The first-order valence-corrected chi connectivity index (χ1v) is 18.5. The number of nitrogens with one attached hydrogen (secondary N) is 2. The molecule has 50 heavy (non-hydrogen) atoms. The van der Waals surface area contributed by atoms with Gasteiger partial charge in [-0.1, -0.05) is 25.1 Å². The van der Waals surface area contributed by atoms with Gasteiger partial charge in [-0.15, -0.1) is 0 Å². The molecule has 3 aromatic carbocycles. The molecule has 2 amide bonds. The summed E-state index contributed by atoms with van der Waals surface area (Å²) in [5, 5.41) is 25.6. The number of amides is 2. The van der Waals surface area contributed by atoms with Gasteiger partial charge in [-0.05, 0) is 117 Å². The minimum absolute atomic E-state index is 0.0320. The summed E-state index contributed by atoms with van der Waals surface area (Å²) >= 11 is 0. The van der Waals surface area contributed by atoms with Crippen LogP contribution in [0, 0.1) is 34.9 Å². The summed E-state index contributed by atoms with van der Waals surface area (Å²) in [6.45, 7) is 7.62. The van der Waals surface area contributed by atoms with Gasteiger partial charge in [0.2, 0.25) is 15.7 Å². The molecule has 10 nitrogen and oxygen atoms in total. The molecule has 1 unspecified atom stereocenters. The number of hydrogen-bond donors (Lipinski definition) is 3. The van der Waals surface area contributed by atoms with E-state index in [1.165, 1.54) is 24.3 Å². The van der Waals surface area contributed by atoms with Gasteiger partial charge >= 0.3 is 6.09 Å². The number of nitriles is 1. The van der Waals surface area contributed by atoms with Crippen LogP contribution in [-0.4, -0.2) is 69.2 Å². The van der Waals surface area contributed by atoms with Crippen LogP contribution in [-0.2, 0) is 20.0 Å². The molecule has 0 spiro atoms. The van der Waals surface area contributed by atoms with E-state index in [1.807, 2.05) is 18.2 Å². The highest BCUT2D eigenvalue weighted by atomic mass is 32.2. The van der Waals surface area contributed by atoms with Gasteiger partial charge in [0.25, 0.3) is 0 Å². The van der Waals surface area contributed by atoms with Gasteiger partial charge in [0.15, 0.2) is 0 Å². The van der Waals surface area contributed by atoms with E-state index >= 15 is 0 Å². The molecule has 2 saturated heterocycles. The monoisotopic (exact) mass is 699 g/mol. The topological polar surface area (TPSA) is 143 Å². The molecule has 0 aromatic heterocycles. The molecule has 1 saturated carbocycles. The summed E-state index contributed by atoms with van der Waals surface area (Å²) in [7, 11) is -3.73. The minimum Gasteiger partial charge on any atom is -0.465 e. The number of anilines is 2. The lowest BCUT2D eigenvalue weighted by atomic mass is 9.59. The second-order valence-electron chi connectivity index (χ2n) is 13.6. The number of piperidine rings is 1. The zero-order chi connectivity index (χ0) is 35.5. The maximum absolute atomic E-state index is 14.5. The number of halogens is 1. The van der Waals surface area contributed by atoms with Gasteiger partial charge in [-0.3, -0.25) is 4.79 Å². The maximum Gasteiger partial charge on any atom is 0.404 e. The standard InChI is InChI=1S/C38H42FN5O5S/c1-2-36(45)41-30-9-13-32(14-10-30)50(48,49)33-15-11-31(12-16-33)44-23-26(24-44)22-43-19-17-27(18-20-43)38(25-40,28-5-3-6-29(39)21-28)34-7-4-8-35(34)42-37(46)47/h2-3,5-6,9-16,21,26-27,34-35,42H,1,4,7-8,17-20,22-24H2,(H,41,45)(H,46,47)/t34-,35-,38?/m0/s1. The zero-order valence-electron chi connectivity index (χ0n) is 27.8. The molecule has 0 radical (unpaired) electrons. The Morgan fingerprint density at radius 2 is 1.66 bits per heavy atom. The van der Waals surface area contributed by atoms with Gasteiger partial charge < -0.3 is 25.5 Å². The molecule has 6 rings (SSSR count). The highest BCUT2D eigenvalue weighted by Gasteiger charge is 2.52. The maximum atomic E-state index is 14.5. The third-order valence-corrected chi connectivity index (χ3v) is 12.5. The lowest BCUT2D eigenvalue weighted by molar-refractivity contribution is -0.111. The Bertz CT molecular complexity index is 1870. The Kier molecular flexibility index (Phi) is 10.3. The van der Waals surface area contributed by atoms with Crippen LogP contribution in [0.2, 0.25) is 0 Å². The molecule has 1 aliphatic carbocycles. The van der Waals surface area contributed by atoms with Crippen LogP contribution in [0.15, 0.2) is 95.2 Å². The van der Waals surface area contributed by atoms with E-state index in [2.05, 4.69) is 33.1 Å². The van der Waals surface area contributed by atoms with E-state index in [1.54, 1.807) is 30.3 Å². The average Bonchev–Trinajstić information content (AvgIpc) is 3.55. The van der Waals surface area contributed by atoms with Crippen molar-refractivity contribution in [3.63, 3.8) is 0 Å². The van der Waals surface area contributed by atoms with Crippen molar-refractivity contribution in [1.29, 1.82) is 5.26 Å². The minimum atomic E-state index is -3.73. The number of benzene rings is 3. The number of carbonyl (C=O) groups excluding carboxylic acids is 1. The summed E-state index contributed by atoms with van der Waals surface area (Å²) in [6, 6.07) is 21.5. The van der Waals surface area contributed by atoms with Crippen molar-refractivity contribution in [1.82, 2.24) is 10.2 Å². The molecule has 3 aliphatic rings. The molecule has 3 N–H and O–H groups in total. The Labute approximate surface area is 292 Å². The van der Waals surface area contributed by atoms with Crippen LogP contribution < -0.4 is 15.5 Å². The van der Waals surface area contributed by atoms with Crippen molar-refractivity contribution < 1.29 is 27.5 Å². The van der Waals surface area contributed by atoms with E-state index in [0.717, 1.165) is 63.7 Å². The highest BCUT2D eigenvalue weighted by Crippen LogP contribution is 2.50. The van der Waals surface area contributed by atoms with Crippen LogP contribution in [0.3, 0.4) is 0 Å². The van der Waals surface area contributed by atoms with Crippen LogP contribution in [0.4, 0.5) is 20.6 Å². The third-order valence-electron chi connectivity index (χ3n) is 10.7. The molecule has 2 heterocycles. The summed E-state index contributed by atoms with van der Waals surface area (Å²) < 4.78 is 40.9. The van der Waals surface area contributed by atoms with Crippen LogP contribution in [0.5, 0.6) is 0 Å². The molecule has 3 aromatic rings. The number of nitrogens with zero attached hydrogens (tertiary/aromatic N) is 3. The summed E-state index contributed by atoms with van der Waals surface area (Å²) in [5.41, 5.74) is 1.09. The Hall–Kier alpha value is -4.73. The van der Waals surface area contributed by atoms with Gasteiger partial charge in [-0.2, -0.15) is 5.26 Å². The third kappa shape index (κ3) is 7.11. The number of likely N-dealkylation sites (tertiary alicyclic amines) is 1. The van der Waals surface area contributed by atoms with Crippen LogP contribution >= 0.6 is 0 Å². The van der Waals surface area contributed by atoms with Gasteiger partial charge in [0, 0.05) is 48.9 Å². The first-order valence-electron chi connectivity index (χ1n) is 17.1. The first kappa shape index (κ1) is 35.1. The van der Waals surface area contributed by atoms with Crippen molar-refractivity contribution in [2.24, 2.45) is 17.8 Å². The second kappa shape index (κ2) is 14.6. The highest BCUT2D eigenvalue weighted by molar-refractivity contribution is 7.91. The number of carbonyl (C=O) groups is 2. The van der Waals surface area contributed by atoms with Gasteiger partial charge in [0.1, 0.15) is 5.82 Å². The van der Waals surface area contributed by atoms with Crippen molar-refractivity contribution in [2.45, 2.75) is 53.4 Å². The number of sulfone groups is 1. The molecular formula is C38H42FN5O5S. The summed E-state index contributed by atoms with van der Waals surface area (Å²) in [4.78, 5) is 28.1. The largest absolute Gasteiger partial charge is 0.465 e. The van der Waals surface area contributed by atoms with E-state index in [9.17, 15) is 32.8 Å². The summed E-state index contributed by atoms with van der Waals surface area (Å²) in [5.74, 6) is -0.595. The Balaban J connectivity index is 1.05. The lowest BCUT2D eigenvalue weighted by Gasteiger charge is -2.48. The molecule has 3 fully saturated rings. The van der Waals surface area contributed by atoms with Crippen molar-refractivity contribution in [3.05, 3.63) is 96.8 Å². The second-order valence-corrected chi connectivity index (χ2v) is 15.6. The molecule has 0 bridgehead atoms. The van der Waals surface area contributed by atoms with Gasteiger partial charge in [0.05, 0.1) is 21.3 Å². The lowest BCUT2D eigenvalue weighted by Crippen LogP contribution is -2.55. The average molecular weight is 700 g/mol. The van der Waals surface area contributed by atoms with Crippen molar-refractivity contribution >= 4 is 33.2 Å². The fraction of sp³-hybridized carbons (Fsp3) is 0.395. The smallest absolute Gasteiger partial charge is 0.404 e. The fourth-order valence-corrected chi connectivity index (χ4v) is 9.55. The van der Waals surface area contributed by atoms with Crippen molar-refractivity contribution in [3.8, 4) is 6.07 Å². The zero-order valence-corrected chi connectivity index (χ0v) is 28.6. The molecular weight excluding hydrogens is 658 g/mol. The predicted molar refractivity (Wildman–Crippen MR) is 188 cm³/mol. The predicted octanol–water partition coefficient (Wildman–Crippen LogP) is 5.83. The molecule has 3 atom stereocenters. The molecule has 262 valence electrons. The van der Waals surface area contributed by atoms with E-state index in [4.69, 9.17) is 0 Å². The number of rotatable bonds is 11. The van der Waals surface area contributed by atoms with Gasteiger partial charge in [-0.25, -0.2) is 17.6 Å². The first-order chi connectivity index (χ1) is 24.0. The normalized spacial score (nSPS) is 21.4. The van der Waals surface area contributed by atoms with E-state index in [0.29, 0.717) is 30.0 Å². The Morgan fingerprint density at radius 3 is 2.26 bits per heavy atom. The quantitative estimate of drug-likeness (QED) is 0.212. The molecule has 2 aliphatic heterocycles. The van der Waals surface area contributed by atoms with Crippen molar-refractivity contribution in [2.75, 3.05) is 42.9 Å². The Morgan fingerprint density at radius 1 is 1.00 bits per heavy atom. The molecule has 12 heteroatoms. The number of carboxylic acid groups (broad SMARTS) is 1. The van der Waals surface area contributed by atoms with Crippen LogP contribution in [0.1, 0.15) is 37.7 Å². The van der Waals surface area contributed by atoms with E-state index in [-0.39, 0.29) is 33.6 Å². The number of hydrogen-bond acceptors (Lipinski definition) is 7. The SMILES string of the molecule is C=CC(=O)Nc1ccc(S(=O)(=O)c2ccc(N3CC(CN4CCC(C(C#N)(c5cccc(F)c5)[C@H]5CCC[C@@H]5NC(=O)O)CC4)C3)cc2)cc1. The summed E-state index contributed by atoms with van der Waals surface area (Å²) in [6.07, 6.45) is 3.76. The fourth-order valence-electron chi connectivity index (χ4n) is 8.29. The van der Waals surface area contributed by atoms with Crippen LogP contribution in [0.25, 0.3) is 0 Å². The van der Waals surface area contributed by atoms with E-state index < -0.39 is 27.2 Å².